The Morgan fingerprint density at radius 1 is 0.931 bits per heavy atom. The van der Waals surface area contributed by atoms with Gasteiger partial charge in [-0.3, -0.25) is 4.98 Å². The van der Waals surface area contributed by atoms with Crippen molar-refractivity contribution in [1.29, 1.82) is 0 Å². The summed E-state index contributed by atoms with van der Waals surface area (Å²) in [4.78, 5) is 7.23. The number of hydrogen-bond donors (Lipinski definition) is 2. The van der Waals surface area contributed by atoms with Gasteiger partial charge in [0.05, 0.1) is 22.7 Å². The van der Waals surface area contributed by atoms with E-state index in [1.54, 1.807) is 0 Å². The molecular formula is C17H14F6N4O2. The first-order chi connectivity index (χ1) is 13.4. The van der Waals surface area contributed by atoms with Crippen molar-refractivity contribution in [3.8, 4) is 0 Å². The number of aliphatic hydroxyl groups is 2. The topological polar surface area (TPSA) is 81.8 Å². The van der Waals surface area contributed by atoms with Gasteiger partial charge in [0.25, 0.3) is 0 Å². The second-order valence-corrected chi connectivity index (χ2v) is 6.34. The zero-order valence-electron chi connectivity index (χ0n) is 14.6. The van der Waals surface area contributed by atoms with Crippen LogP contribution >= 0.6 is 0 Å². The predicted octanol–water partition coefficient (Wildman–Crippen LogP) is 3.38. The van der Waals surface area contributed by atoms with E-state index in [0.29, 0.717) is 12.4 Å². The lowest BCUT2D eigenvalue weighted by molar-refractivity contribution is -0.138. The summed E-state index contributed by atoms with van der Waals surface area (Å²) in [5, 5.41) is 25.9. The maximum atomic E-state index is 12.7. The van der Waals surface area contributed by atoms with Crippen molar-refractivity contribution in [3.05, 3.63) is 53.5 Å². The minimum absolute atomic E-state index is 0.0973. The molecule has 0 radical (unpaired) electrons. The number of rotatable bonds is 3. The molecule has 3 heterocycles. The summed E-state index contributed by atoms with van der Waals surface area (Å²) < 4.78 is 75.9. The second-order valence-electron chi connectivity index (χ2n) is 6.34. The monoisotopic (exact) mass is 420 g/mol. The number of hydrazone groups is 1. The largest absolute Gasteiger partial charge is 0.417 e. The van der Waals surface area contributed by atoms with E-state index in [-0.39, 0.29) is 17.2 Å². The zero-order chi connectivity index (χ0) is 21.6. The third-order valence-electron chi connectivity index (χ3n) is 4.39. The molecule has 3 rings (SSSR count). The van der Waals surface area contributed by atoms with E-state index in [2.05, 4.69) is 15.1 Å². The van der Waals surface area contributed by atoms with Crippen LogP contribution in [0.4, 0.5) is 32.2 Å². The third kappa shape index (κ3) is 4.17. The van der Waals surface area contributed by atoms with Gasteiger partial charge in [0.1, 0.15) is 6.10 Å². The normalized spacial score (nSPS) is 21.3. The van der Waals surface area contributed by atoms with Crippen LogP contribution in [0.25, 0.3) is 0 Å². The minimum Gasteiger partial charge on any atom is -0.386 e. The Hall–Kier alpha value is -2.73. The predicted molar refractivity (Wildman–Crippen MR) is 88.5 cm³/mol. The highest BCUT2D eigenvalue weighted by molar-refractivity contribution is 5.89. The van der Waals surface area contributed by atoms with Crippen molar-refractivity contribution in [1.82, 2.24) is 9.97 Å². The summed E-state index contributed by atoms with van der Waals surface area (Å²) in [7, 11) is 0. The lowest BCUT2D eigenvalue weighted by Crippen LogP contribution is -2.37. The molecule has 2 aromatic heterocycles. The molecule has 2 N–H and O–H groups in total. The molecule has 1 aliphatic rings. The molecule has 0 aromatic carbocycles. The average Bonchev–Trinajstić information content (AvgIpc) is 2.94. The fraction of sp³-hybridized carbons (Fsp3) is 0.353. The third-order valence-corrected chi connectivity index (χ3v) is 4.39. The van der Waals surface area contributed by atoms with Crippen LogP contribution in [0.1, 0.15) is 29.8 Å². The highest BCUT2D eigenvalue weighted by Crippen LogP contribution is 2.36. The summed E-state index contributed by atoms with van der Waals surface area (Å²) in [6.07, 6.45) is -11.1. The van der Waals surface area contributed by atoms with Crippen LogP contribution in [-0.2, 0) is 12.4 Å². The Bertz CT molecular complexity index is 896. The van der Waals surface area contributed by atoms with Gasteiger partial charge in [-0.2, -0.15) is 31.4 Å². The molecule has 1 aliphatic heterocycles. The number of nitrogens with zero attached hydrogens (tertiary/aromatic N) is 4. The van der Waals surface area contributed by atoms with Gasteiger partial charge >= 0.3 is 12.4 Å². The summed E-state index contributed by atoms with van der Waals surface area (Å²) in [6.45, 7) is 1.45. The maximum absolute atomic E-state index is 12.7. The van der Waals surface area contributed by atoms with E-state index in [1.807, 2.05) is 0 Å². The van der Waals surface area contributed by atoms with Crippen LogP contribution in [0.5, 0.6) is 0 Å². The zero-order valence-corrected chi connectivity index (χ0v) is 14.6. The highest BCUT2D eigenvalue weighted by atomic mass is 19.4. The number of pyridine rings is 2. The molecule has 12 heteroatoms. The molecule has 0 spiro atoms. The fourth-order valence-electron chi connectivity index (χ4n) is 2.86. The van der Waals surface area contributed by atoms with Gasteiger partial charge in [-0.05, 0) is 31.2 Å². The first-order valence-electron chi connectivity index (χ1n) is 8.16. The van der Waals surface area contributed by atoms with Gasteiger partial charge in [0, 0.05) is 18.1 Å². The molecule has 0 fully saturated rings. The number of halogens is 6. The number of anilines is 1. The molecule has 29 heavy (non-hydrogen) atoms. The van der Waals surface area contributed by atoms with E-state index < -0.39 is 41.7 Å². The van der Waals surface area contributed by atoms with E-state index in [1.165, 1.54) is 6.92 Å². The molecule has 0 saturated heterocycles. The minimum atomic E-state index is -4.59. The SMILES string of the molecule is CC1=NN(c2ccc(C(F)(F)F)cn2)C(O)C1C(O)c1ccc(C(F)(F)F)cn1. The van der Waals surface area contributed by atoms with Crippen molar-refractivity contribution >= 4 is 11.5 Å². The fourth-order valence-corrected chi connectivity index (χ4v) is 2.86. The van der Waals surface area contributed by atoms with Crippen LogP contribution in [-0.4, -0.2) is 32.1 Å². The van der Waals surface area contributed by atoms with Crippen LogP contribution in [0.2, 0.25) is 0 Å². The number of aliphatic hydroxyl groups excluding tert-OH is 2. The Balaban J connectivity index is 1.81. The van der Waals surface area contributed by atoms with Crippen molar-refractivity contribution in [2.24, 2.45) is 11.0 Å². The Morgan fingerprint density at radius 2 is 1.48 bits per heavy atom. The molecule has 0 bridgehead atoms. The molecule has 2 aromatic rings. The quantitative estimate of drug-likeness (QED) is 0.745. The molecule has 6 nitrogen and oxygen atoms in total. The van der Waals surface area contributed by atoms with Gasteiger partial charge in [-0.1, -0.05) is 0 Å². The smallest absolute Gasteiger partial charge is 0.386 e. The van der Waals surface area contributed by atoms with Gasteiger partial charge in [0.15, 0.2) is 12.0 Å². The lowest BCUT2D eigenvalue weighted by Gasteiger charge is -2.25. The van der Waals surface area contributed by atoms with E-state index >= 15 is 0 Å². The number of aromatic nitrogens is 2. The summed E-state index contributed by atoms with van der Waals surface area (Å²) in [6, 6.07) is 3.50. The first-order valence-corrected chi connectivity index (χ1v) is 8.16. The highest BCUT2D eigenvalue weighted by Gasteiger charge is 2.41. The number of hydrogen-bond acceptors (Lipinski definition) is 6. The summed E-state index contributed by atoms with van der Waals surface area (Å²) in [5.74, 6) is -1.18. The molecule has 0 saturated carbocycles. The Morgan fingerprint density at radius 3 is 1.93 bits per heavy atom. The van der Waals surface area contributed by atoms with Crippen molar-refractivity contribution < 1.29 is 36.6 Å². The van der Waals surface area contributed by atoms with E-state index in [0.717, 1.165) is 29.3 Å². The lowest BCUT2D eigenvalue weighted by atomic mass is 9.93. The van der Waals surface area contributed by atoms with Crippen LogP contribution in [0, 0.1) is 5.92 Å². The molecule has 156 valence electrons. The van der Waals surface area contributed by atoms with Gasteiger partial charge in [0.2, 0.25) is 0 Å². The second kappa shape index (κ2) is 7.26. The Labute approximate surface area is 160 Å². The molecular weight excluding hydrogens is 406 g/mol. The summed E-state index contributed by atoms with van der Waals surface area (Å²) in [5.41, 5.74) is -1.91. The number of alkyl halides is 6. The van der Waals surface area contributed by atoms with Gasteiger partial charge in [-0.25, -0.2) is 9.99 Å². The Kier molecular flexibility index (Phi) is 5.26. The maximum Gasteiger partial charge on any atom is 0.417 e. The van der Waals surface area contributed by atoms with Crippen molar-refractivity contribution in [2.75, 3.05) is 5.01 Å². The van der Waals surface area contributed by atoms with Gasteiger partial charge < -0.3 is 10.2 Å². The van der Waals surface area contributed by atoms with Gasteiger partial charge in [-0.15, -0.1) is 0 Å². The molecule has 3 atom stereocenters. The first kappa shape index (κ1) is 21.0. The van der Waals surface area contributed by atoms with E-state index in [9.17, 15) is 36.6 Å². The van der Waals surface area contributed by atoms with Crippen molar-refractivity contribution in [2.45, 2.75) is 31.6 Å². The molecule has 0 aliphatic carbocycles. The molecule has 3 unspecified atom stereocenters. The standard InChI is InChI=1S/C17H14F6N4O2/c1-8-13(14(28)11-4-2-9(6-24-11)16(18,19)20)15(29)27(26-8)12-5-3-10(7-25-12)17(21,22)23/h2-7,13-15,28-29H,1H3. The van der Waals surface area contributed by atoms with Crippen LogP contribution in [0.15, 0.2) is 41.8 Å². The van der Waals surface area contributed by atoms with Crippen molar-refractivity contribution in [3.63, 3.8) is 0 Å². The molecule has 0 amide bonds. The summed E-state index contributed by atoms with van der Waals surface area (Å²) >= 11 is 0. The average molecular weight is 420 g/mol. The van der Waals surface area contributed by atoms with Crippen LogP contribution < -0.4 is 5.01 Å². The van der Waals surface area contributed by atoms with Crippen LogP contribution in [0.3, 0.4) is 0 Å². The van der Waals surface area contributed by atoms with E-state index in [4.69, 9.17) is 0 Å².